The maximum Gasteiger partial charge on any atom is 0.431 e. The summed E-state index contributed by atoms with van der Waals surface area (Å²) in [4.78, 5) is 55.0. The molecule has 0 aliphatic carbocycles. The van der Waals surface area contributed by atoms with Crippen molar-refractivity contribution in [1.82, 2.24) is 25.7 Å². The van der Waals surface area contributed by atoms with Crippen LogP contribution in [0.5, 0.6) is 0 Å². The van der Waals surface area contributed by atoms with Crippen molar-refractivity contribution in [3.8, 4) is 0 Å². The Kier molecular flexibility index (Phi) is 12.8. The van der Waals surface area contributed by atoms with Crippen molar-refractivity contribution in [1.29, 1.82) is 0 Å². The monoisotopic (exact) mass is 743 g/mol. The number of esters is 1. The molecule has 3 amide bonds. The van der Waals surface area contributed by atoms with E-state index in [-0.39, 0.29) is 27.8 Å². The molecule has 12 nitrogen and oxygen atoms in total. The molecule has 1 heterocycles. The first-order chi connectivity index (χ1) is 24.5. The van der Waals surface area contributed by atoms with Crippen LogP contribution in [-0.4, -0.2) is 68.9 Å². The van der Waals surface area contributed by atoms with Crippen molar-refractivity contribution in [2.24, 2.45) is 5.92 Å². The Balaban J connectivity index is 1.58. The number of fused-ring (bicyclic) bond motifs is 1. The van der Waals surface area contributed by atoms with Gasteiger partial charge in [0.1, 0.15) is 23.8 Å². The van der Waals surface area contributed by atoms with Crippen LogP contribution in [0.2, 0.25) is 0 Å². The summed E-state index contributed by atoms with van der Waals surface area (Å²) in [6, 6.07) is 16.2. The molecule has 278 valence electrons. The molecule has 0 spiro atoms. The second-order valence-corrected chi connectivity index (χ2v) is 14.2. The lowest BCUT2D eigenvalue weighted by atomic mass is 9.99. The van der Waals surface area contributed by atoms with Crippen LogP contribution in [0.3, 0.4) is 0 Å². The molecule has 52 heavy (non-hydrogen) atoms. The molecule has 0 aliphatic heterocycles. The number of amides is 3. The molecule has 3 atom stereocenters. The van der Waals surface area contributed by atoms with Gasteiger partial charge in [-0.05, 0) is 48.6 Å². The van der Waals surface area contributed by atoms with Crippen LogP contribution in [0.4, 0.5) is 13.2 Å². The standard InChI is InChI=1S/C36H40F3N5O7S/c1-21(2)31(35(48)51-4)43-34(47)28(19-26-25-12-8-9-13-27(25)42-32(26)36(37,38)39)41-30(45)20-40-33(46)29(18-23-10-6-5-7-11-23)44-52(49,50)24-16-14-22(3)15-17-24/h5-17,21,28-29,31,42,44H,18-20H2,1-4H3,(H,40,46)(H,41,45)(H,43,47)/t28-,29-,31-/m0/s1. The summed E-state index contributed by atoms with van der Waals surface area (Å²) in [5, 5.41) is 7.38. The van der Waals surface area contributed by atoms with Crippen LogP contribution in [0.25, 0.3) is 10.9 Å². The van der Waals surface area contributed by atoms with Gasteiger partial charge in [-0.15, -0.1) is 0 Å². The third-order valence-electron chi connectivity index (χ3n) is 8.23. The summed E-state index contributed by atoms with van der Waals surface area (Å²) in [6.07, 6.45) is -5.59. The van der Waals surface area contributed by atoms with E-state index in [1.807, 2.05) is 0 Å². The smallest absolute Gasteiger partial charge is 0.431 e. The number of para-hydroxylation sites is 1. The topological polar surface area (TPSA) is 176 Å². The average Bonchev–Trinajstić information content (AvgIpc) is 3.48. The van der Waals surface area contributed by atoms with Crippen molar-refractivity contribution >= 4 is 44.6 Å². The molecule has 0 aliphatic rings. The molecule has 0 radical (unpaired) electrons. The Labute approximate surface area is 298 Å². The zero-order valence-electron chi connectivity index (χ0n) is 28.8. The number of hydrogen-bond donors (Lipinski definition) is 5. The van der Waals surface area contributed by atoms with Crippen molar-refractivity contribution in [2.75, 3.05) is 13.7 Å². The van der Waals surface area contributed by atoms with Crippen molar-refractivity contribution in [2.45, 2.75) is 62.8 Å². The fourth-order valence-corrected chi connectivity index (χ4v) is 6.69. The Morgan fingerprint density at radius 2 is 1.46 bits per heavy atom. The third-order valence-corrected chi connectivity index (χ3v) is 9.72. The lowest BCUT2D eigenvalue weighted by molar-refractivity contribution is -0.146. The number of aromatic nitrogens is 1. The molecule has 0 fully saturated rings. The summed E-state index contributed by atoms with van der Waals surface area (Å²) in [5.74, 6) is -4.12. The highest BCUT2D eigenvalue weighted by Crippen LogP contribution is 2.36. The predicted octanol–water partition coefficient (Wildman–Crippen LogP) is 3.54. The van der Waals surface area contributed by atoms with Gasteiger partial charge >= 0.3 is 12.1 Å². The lowest BCUT2D eigenvalue weighted by Gasteiger charge is -2.25. The molecule has 4 aromatic rings. The first-order valence-corrected chi connectivity index (χ1v) is 17.7. The highest BCUT2D eigenvalue weighted by atomic mass is 32.2. The van der Waals surface area contributed by atoms with Gasteiger partial charge in [0.15, 0.2) is 0 Å². The van der Waals surface area contributed by atoms with E-state index in [9.17, 15) is 40.8 Å². The van der Waals surface area contributed by atoms with Crippen LogP contribution in [0.1, 0.15) is 36.2 Å². The normalized spacial score (nSPS) is 13.6. The summed E-state index contributed by atoms with van der Waals surface area (Å²) >= 11 is 0. The van der Waals surface area contributed by atoms with Crippen molar-refractivity contribution < 1.29 is 45.5 Å². The van der Waals surface area contributed by atoms with E-state index in [1.54, 1.807) is 63.2 Å². The number of H-pyrrole nitrogens is 1. The number of benzene rings is 3. The number of rotatable bonds is 15. The van der Waals surface area contributed by atoms with Crippen LogP contribution in [0.15, 0.2) is 83.8 Å². The van der Waals surface area contributed by atoms with Crippen molar-refractivity contribution in [3.63, 3.8) is 0 Å². The first kappa shape index (κ1) is 39.6. The van der Waals surface area contributed by atoms with E-state index in [2.05, 4.69) is 25.7 Å². The molecule has 4 rings (SSSR count). The van der Waals surface area contributed by atoms with E-state index < -0.39 is 82.6 Å². The number of alkyl halides is 3. The Morgan fingerprint density at radius 3 is 2.08 bits per heavy atom. The van der Waals surface area contributed by atoms with E-state index in [0.29, 0.717) is 5.56 Å². The number of methoxy groups -OCH3 is 1. The largest absolute Gasteiger partial charge is 0.467 e. The van der Waals surface area contributed by atoms with Gasteiger partial charge in [0.2, 0.25) is 27.7 Å². The predicted molar refractivity (Wildman–Crippen MR) is 186 cm³/mol. The van der Waals surface area contributed by atoms with E-state index in [4.69, 9.17) is 4.74 Å². The van der Waals surface area contributed by atoms with Crippen LogP contribution < -0.4 is 20.7 Å². The minimum atomic E-state index is -4.85. The Hall–Kier alpha value is -5.22. The lowest BCUT2D eigenvalue weighted by Crippen LogP contribution is -2.56. The number of nitrogens with one attached hydrogen (secondary N) is 5. The van der Waals surface area contributed by atoms with Gasteiger partial charge in [0.25, 0.3) is 0 Å². The van der Waals surface area contributed by atoms with E-state index >= 15 is 0 Å². The number of aryl methyl sites for hydroxylation is 1. The number of aromatic amines is 1. The summed E-state index contributed by atoms with van der Waals surface area (Å²) < 4.78 is 76.1. The number of sulfonamides is 1. The number of carbonyl (C=O) groups is 4. The minimum absolute atomic E-state index is 0.0854. The molecule has 1 aromatic heterocycles. The van der Waals surface area contributed by atoms with Crippen LogP contribution >= 0.6 is 0 Å². The molecular formula is C36H40F3N5O7S. The Bertz CT molecular complexity index is 2000. The van der Waals surface area contributed by atoms with Crippen LogP contribution in [0, 0.1) is 12.8 Å². The molecule has 5 N–H and O–H groups in total. The van der Waals surface area contributed by atoms with Gasteiger partial charge in [0, 0.05) is 17.3 Å². The quantitative estimate of drug-likeness (QED) is 0.116. The molecule has 0 saturated carbocycles. The summed E-state index contributed by atoms with van der Waals surface area (Å²) in [7, 11) is -3.09. The number of carbonyl (C=O) groups excluding carboxylic acids is 4. The Morgan fingerprint density at radius 1 is 0.827 bits per heavy atom. The SMILES string of the molecule is COC(=O)[C@@H](NC(=O)[C@H](Cc1c(C(F)(F)F)[nH]c2ccccc12)NC(=O)CNC(=O)[C@H](Cc1ccccc1)NS(=O)(=O)c1ccc(C)cc1)C(C)C. The second kappa shape index (κ2) is 16.9. The van der Waals surface area contributed by atoms with E-state index in [1.165, 1.54) is 36.4 Å². The average molecular weight is 744 g/mol. The first-order valence-electron chi connectivity index (χ1n) is 16.2. The summed E-state index contributed by atoms with van der Waals surface area (Å²) in [5.41, 5.74) is 0.154. The van der Waals surface area contributed by atoms with Gasteiger partial charge in [-0.1, -0.05) is 80.1 Å². The third kappa shape index (κ3) is 10.2. The van der Waals surface area contributed by atoms with Crippen molar-refractivity contribution in [3.05, 3.63) is 101 Å². The molecule has 0 bridgehead atoms. The van der Waals surface area contributed by atoms with Gasteiger partial charge in [-0.3, -0.25) is 14.4 Å². The maximum atomic E-state index is 14.2. The highest BCUT2D eigenvalue weighted by Gasteiger charge is 2.38. The maximum absolute atomic E-state index is 14.2. The summed E-state index contributed by atoms with van der Waals surface area (Å²) in [6.45, 7) is 4.24. The highest BCUT2D eigenvalue weighted by molar-refractivity contribution is 7.89. The fraction of sp³-hybridized carbons (Fsp3) is 0.333. The molecule has 0 unspecified atom stereocenters. The zero-order chi connectivity index (χ0) is 38.2. The van der Waals surface area contributed by atoms with Gasteiger partial charge in [-0.25, -0.2) is 13.2 Å². The van der Waals surface area contributed by atoms with Gasteiger partial charge < -0.3 is 25.7 Å². The number of ether oxygens (including phenoxy) is 1. The molecular weight excluding hydrogens is 703 g/mol. The second-order valence-electron chi connectivity index (χ2n) is 12.5. The molecule has 3 aromatic carbocycles. The van der Waals surface area contributed by atoms with Gasteiger partial charge in [0.05, 0.1) is 18.6 Å². The van der Waals surface area contributed by atoms with E-state index in [0.717, 1.165) is 12.7 Å². The molecule has 16 heteroatoms. The van der Waals surface area contributed by atoms with Crippen LogP contribution in [-0.2, 0) is 53.0 Å². The minimum Gasteiger partial charge on any atom is -0.467 e. The molecule has 0 saturated heterocycles. The number of hydrogen-bond acceptors (Lipinski definition) is 7. The number of halogens is 3. The fourth-order valence-electron chi connectivity index (χ4n) is 5.49. The zero-order valence-corrected chi connectivity index (χ0v) is 29.7. The van der Waals surface area contributed by atoms with Gasteiger partial charge in [-0.2, -0.15) is 17.9 Å².